The average molecular weight is 289 g/mol. The molecule has 0 amide bonds. The lowest BCUT2D eigenvalue weighted by molar-refractivity contribution is -0.151. The SMILES string of the molecule is CCOC(=O)C(C)(CCCCSC(C)C)NC(C)C. The maximum absolute atomic E-state index is 12.1. The molecule has 0 aliphatic heterocycles. The fourth-order valence-corrected chi connectivity index (χ4v) is 2.90. The third kappa shape index (κ3) is 8.53. The number of unbranched alkanes of at least 4 members (excludes halogenated alkanes) is 1. The first-order valence-electron chi connectivity index (χ1n) is 7.38. The van der Waals surface area contributed by atoms with Crippen molar-refractivity contribution in [3.8, 4) is 0 Å². The first-order valence-corrected chi connectivity index (χ1v) is 8.43. The Balaban J connectivity index is 4.23. The van der Waals surface area contributed by atoms with Crippen molar-refractivity contribution in [2.24, 2.45) is 0 Å². The molecule has 1 atom stereocenters. The molecule has 0 aliphatic carbocycles. The van der Waals surface area contributed by atoms with Crippen LogP contribution in [-0.4, -0.2) is 35.2 Å². The van der Waals surface area contributed by atoms with Crippen LogP contribution in [0.25, 0.3) is 0 Å². The van der Waals surface area contributed by atoms with Gasteiger partial charge in [0.1, 0.15) is 5.54 Å². The minimum atomic E-state index is -0.549. The summed E-state index contributed by atoms with van der Waals surface area (Å²) in [7, 11) is 0. The van der Waals surface area contributed by atoms with Crippen molar-refractivity contribution in [2.45, 2.75) is 77.6 Å². The summed E-state index contributed by atoms with van der Waals surface area (Å²) in [5.41, 5.74) is -0.549. The van der Waals surface area contributed by atoms with Gasteiger partial charge in [0.15, 0.2) is 0 Å². The van der Waals surface area contributed by atoms with Crippen LogP contribution < -0.4 is 5.32 Å². The third-order valence-electron chi connectivity index (χ3n) is 2.86. The number of thioether (sulfide) groups is 1. The summed E-state index contributed by atoms with van der Waals surface area (Å²) in [6, 6.07) is 0.277. The Morgan fingerprint density at radius 3 is 2.37 bits per heavy atom. The summed E-state index contributed by atoms with van der Waals surface area (Å²) in [4.78, 5) is 12.1. The van der Waals surface area contributed by atoms with Gasteiger partial charge in [0, 0.05) is 6.04 Å². The lowest BCUT2D eigenvalue weighted by Gasteiger charge is -2.30. The van der Waals surface area contributed by atoms with E-state index in [1.165, 1.54) is 0 Å². The zero-order valence-corrected chi connectivity index (χ0v) is 14.2. The van der Waals surface area contributed by atoms with Gasteiger partial charge in [-0.2, -0.15) is 11.8 Å². The van der Waals surface area contributed by atoms with Crippen molar-refractivity contribution in [1.29, 1.82) is 0 Å². The second-order valence-electron chi connectivity index (χ2n) is 5.73. The van der Waals surface area contributed by atoms with Crippen LogP contribution in [0.15, 0.2) is 0 Å². The molecule has 0 aromatic heterocycles. The van der Waals surface area contributed by atoms with Crippen LogP contribution in [0.5, 0.6) is 0 Å². The van der Waals surface area contributed by atoms with Gasteiger partial charge in [0.05, 0.1) is 6.61 Å². The zero-order valence-electron chi connectivity index (χ0n) is 13.4. The van der Waals surface area contributed by atoms with Crippen molar-refractivity contribution in [3.63, 3.8) is 0 Å². The highest BCUT2D eigenvalue weighted by Crippen LogP contribution is 2.19. The molecule has 1 N–H and O–H groups in total. The molecule has 0 aromatic carbocycles. The predicted octanol–water partition coefficient (Wildman–Crippen LogP) is 3.62. The molecule has 0 fully saturated rings. The molecule has 4 heteroatoms. The molecule has 19 heavy (non-hydrogen) atoms. The molecule has 0 radical (unpaired) electrons. The molecular formula is C15H31NO2S. The number of carbonyl (C=O) groups excluding carboxylic acids is 1. The summed E-state index contributed by atoms with van der Waals surface area (Å²) in [6.45, 7) is 12.8. The number of ether oxygens (including phenoxy) is 1. The van der Waals surface area contributed by atoms with Crippen molar-refractivity contribution in [2.75, 3.05) is 12.4 Å². The minimum Gasteiger partial charge on any atom is -0.465 e. The number of esters is 1. The smallest absolute Gasteiger partial charge is 0.326 e. The molecular weight excluding hydrogens is 258 g/mol. The Bertz CT molecular complexity index is 257. The molecule has 1 unspecified atom stereocenters. The molecule has 0 saturated heterocycles. The number of carbonyl (C=O) groups is 1. The summed E-state index contributed by atoms with van der Waals surface area (Å²) in [5.74, 6) is 1.04. The van der Waals surface area contributed by atoms with Crippen LogP contribution in [0, 0.1) is 0 Å². The van der Waals surface area contributed by atoms with E-state index in [-0.39, 0.29) is 12.0 Å². The second kappa shape index (κ2) is 9.65. The highest BCUT2D eigenvalue weighted by Gasteiger charge is 2.34. The Kier molecular flexibility index (Phi) is 9.54. The summed E-state index contributed by atoms with van der Waals surface area (Å²) >= 11 is 1.98. The van der Waals surface area contributed by atoms with Crippen molar-refractivity contribution in [3.05, 3.63) is 0 Å². The van der Waals surface area contributed by atoms with Gasteiger partial charge in [-0.1, -0.05) is 20.3 Å². The number of hydrogen-bond acceptors (Lipinski definition) is 4. The van der Waals surface area contributed by atoms with Gasteiger partial charge < -0.3 is 4.74 Å². The topological polar surface area (TPSA) is 38.3 Å². The normalized spacial score (nSPS) is 14.7. The van der Waals surface area contributed by atoms with Gasteiger partial charge in [-0.25, -0.2) is 0 Å². The Morgan fingerprint density at radius 1 is 1.26 bits per heavy atom. The molecule has 3 nitrogen and oxygen atoms in total. The van der Waals surface area contributed by atoms with Crippen molar-refractivity contribution in [1.82, 2.24) is 5.32 Å². The quantitative estimate of drug-likeness (QED) is 0.492. The molecule has 0 bridgehead atoms. The van der Waals surface area contributed by atoms with Crippen LogP contribution in [0.2, 0.25) is 0 Å². The van der Waals surface area contributed by atoms with Gasteiger partial charge >= 0.3 is 5.97 Å². The molecule has 0 spiro atoms. The van der Waals surface area contributed by atoms with Crippen molar-refractivity contribution < 1.29 is 9.53 Å². The van der Waals surface area contributed by atoms with E-state index in [1.54, 1.807) is 0 Å². The fourth-order valence-electron chi connectivity index (χ4n) is 2.06. The van der Waals surface area contributed by atoms with Gasteiger partial charge in [-0.3, -0.25) is 10.1 Å². The number of rotatable bonds is 10. The van der Waals surface area contributed by atoms with E-state index in [1.807, 2.05) is 25.6 Å². The summed E-state index contributed by atoms with van der Waals surface area (Å²) in [6.07, 6.45) is 3.04. The van der Waals surface area contributed by atoms with E-state index in [4.69, 9.17) is 4.74 Å². The van der Waals surface area contributed by atoms with Crippen molar-refractivity contribution >= 4 is 17.7 Å². The van der Waals surface area contributed by atoms with Crippen LogP contribution in [-0.2, 0) is 9.53 Å². The van der Waals surface area contributed by atoms with E-state index < -0.39 is 5.54 Å². The van der Waals surface area contributed by atoms with Crippen LogP contribution >= 0.6 is 11.8 Å². The van der Waals surface area contributed by atoms with Crippen LogP contribution in [0.4, 0.5) is 0 Å². The monoisotopic (exact) mass is 289 g/mol. The molecule has 0 saturated carbocycles. The van der Waals surface area contributed by atoms with E-state index in [0.29, 0.717) is 11.9 Å². The Hall–Kier alpha value is -0.220. The molecule has 114 valence electrons. The highest BCUT2D eigenvalue weighted by atomic mass is 32.2. The van der Waals surface area contributed by atoms with Gasteiger partial charge in [0.25, 0.3) is 0 Å². The second-order valence-corrected chi connectivity index (χ2v) is 7.41. The average Bonchev–Trinajstić information content (AvgIpc) is 2.27. The Labute approximate surface area is 123 Å². The molecule has 0 rings (SSSR count). The summed E-state index contributed by atoms with van der Waals surface area (Å²) < 4.78 is 5.20. The van der Waals surface area contributed by atoms with Crippen LogP contribution in [0.1, 0.15) is 60.8 Å². The van der Waals surface area contributed by atoms with Gasteiger partial charge in [-0.05, 0) is 51.5 Å². The molecule has 0 aromatic rings. The van der Waals surface area contributed by atoms with Gasteiger partial charge in [-0.15, -0.1) is 0 Å². The predicted molar refractivity (Wildman–Crippen MR) is 84.8 cm³/mol. The van der Waals surface area contributed by atoms with Crippen LogP contribution in [0.3, 0.4) is 0 Å². The largest absolute Gasteiger partial charge is 0.465 e. The van der Waals surface area contributed by atoms with E-state index in [2.05, 4.69) is 33.0 Å². The fraction of sp³-hybridized carbons (Fsp3) is 0.933. The first-order chi connectivity index (χ1) is 8.81. The highest BCUT2D eigenvalue weighted by molar-refractivity contribution is 7.99. The van der Waals surface area contributed by atoms with E-state index in [0.717, 1.165) is 25.0 Å². The molecule has 0 aliphatic rings. The Morgan fingerprint density at radius 2 is 1.89 bits per heavy atom. The maximum atomic E-state index is 12.1. The zero-order chi connectivity index (χ0) is 14.9. The number of hydrogen-bond donors (Lipinski definition) is 1. The maximum Gasteiger partial charge on any atom is 0.326 e. The minimum absolute atomic E-state index is 0.125. The lowest BCUT2D eigenvalue weighted by atomic mass is 9.94. The first kappa shape index (κ1) is 18.8. The van der Waals surface area contributed by atoms with E-state index in [9.17, 15) is 4.79 Å². The number of nitrogens with one attached hydrogen (secondary N) is 1. The van der Waals surface area contributed by atoms with Gasteiger partial charge in [0.2, 0.25) is 0 Å². The lowest BCUT2D eigenvalue weighted by Crippen LogP contribution is -2.53. The summed E-state index contributed by atoms with van der Waals surface area (Å²) in [5, 5.41) is 4.04. The standard InChI is InChI=1S/C15H31NO2S/c1-7-18-14(17)15(6,16-12(2)3)10-8-9-11-19-13(4)5/h12-13,16H,7-11H2,1-6H3. The van der Waals surface area contributed by atoms with E-state index >= 15 is 0 Å². The molecule has 0 heterocycles. The third-order valence-corrected chi connectivity index (χ3v) is 4.05.